The number of rotatable bonds is 6. The molecule has 0 saturated carbocycles. The molecular formula is C21H16F2O4. The third kappa shape index (κ3) is 4.47. The van der Waals surface area contributed by atoms with Gasteiger partial charge in [0.2, 0.25) is 5.78 Å². The van der Waals surface area contributed by atoms with E-state index in [-0.39, 0.29) is 12.2 Å². The second-order valence-corrected chi connectivity index (χ2v) is 5.92. The van der Waals surface area contributed by atoms with Crippen LogP contribution in [0.2, 0.25) is 0 Å². The Hall–Kier alpha value is -3.28. The number of benzene rings is 3. The average Bonchev–Trinajstić information content (AvgIpc) is 2.67. The van der Waals surface area contributed by atoms with Gasteiger partial charge in [0.25, 0.3) is 0 Å². The summed E-state index contributed by atoms with van der Waals surface area (Å²) in [6, 6.07) is 15.8. The second-order valence-electron chi connectivity index (χ2n) is 5.92. The standard InChI is InChI=1S/C21H16F2O4/c1-13(21(25)16-7-9-18(22)19(23)11-16)27-20(24)12-26-17-8-6-14-4-2-3-5-15(14)10-17/h2-11,13H,12H2,1H3. The van der Waals surface area contributed by atoms with E-state index in [4.69, 9.17) is 9.47 Å². The van der Waals surface area contributed by atoms with Crippen LogP contribution in [0.4, 0.5) is 8.78 Å². The first kappa shape index (κ1) is 18.5. The maximum atomic E-state index is 13.2. The molecule has 0 bridgehead atoms. The monoisotopic (exact) mass is 370 g/mol. The Labute approximate surface area is 154 Å². The maximum absolute atomic E-state index is 13.2. The summed E-state index contributed by atoms with van der Waals surface area (Å²) in [5.74, 6) is -3.08. The number of halogens is 2. The van der Waals surface area contributed by atoms with Gasteiger partial charge in [0, 0.05) is 5.56 Å². The van der Waals surface area contributed by atoms with Crippen LogP contribution in [-0.4, -0.2) is 24.5 Å². The van der Waals surface area contributed by atoms with Crippen molar-refractivity contribution in [2.24, 2.45) is 0 Å². The molecule has 0 aromatic heterocycles. The first-order valence-corrected chi connectivity index (χ1v) is 8.24. The molecule has 4 nitrogen and oxygen atoms in total. The highest BCUT2D eigenvalue weighted by molar-refractivity contribution is 6.00. The lowest BCUT2D eigenvalue weighted by Crippen LogP contribution is -2.27. The van der Waals surface area contributed by atoms with E-state index in [0.29, 0.717) is 5.75 Å². The van der Waals surface area contributed by atoms with Crippen LogP contribution in [0, 0.1) is 11.6 Å². The van der Waals surface area contributed by atoms with Gasteiger partial charge in [-0.1, -0.05) is 30.3 Å². The van der Waals surface area contributed by atoms with Gasteiger partial charge in [-0.2, -0.15) is 0 Å². The number of carbonyl (C=O) groups excluding carboxylic acids is 2. The number of esters is 1. The number of hydrogen-bond donors (Lipinski definition) is 0. The van der Waals surface area contributed by atoms with Crippen molar-refractivity contribution in [2.75, 3.05) is 6.61 Å². The molecule has 0 aliphatic carbocycles. The number of hydrogen-bond acceptors (Lipinski definition) is 4. The van der Waals surface area contributed by atoms with Gasteiger partial charge in [-0.3, -0.25) is 4.79 Å². The fourth-order valence-electron chi connectivity index (χ4n) is 2.57. The number of fused-ring (bicyclic) bond motifs is 1. The van der Waals surface area contributed by atoms with Crippen molar-refractivity contribution >= 4 is 22.5 Å². The number of Topliss-reactive ketones (excluding diaryl/α,β-unsaturated/α-hetero) is 1. The fourth-order valence-corrected chi connectivity index (χ4v) is 2.57. The molecule has 0 amide bonds. The SMILES string of the molecule is CC(OC(=O)COc1ccc2ccccc2c1)C(=O)c1ccc(F)c(F)c1. The summed E-state index contributed by atoms with van der Waals surface area (Å²) in [5, 5.41) is 2.00. The van der Waals surface area contributed by atoms with Gasteiger partial charge in [-0.05, 0) is 48.0 Å². The number of carbonyl (C=O) groups is 2. The molecule has 0 radical (unpaired) electrons. The van der Waals surface area contributed by atoms with Crippen molar-refractivity contribution in [3.8, 4) is 5.75 Å². The Balaban J connectivity index is 1.57. The first-order valence-electron chi connectivity index (χ1n) is 8.24. The molecular weight excluding hydrogens is 354 g/mol. The Morgan fingerprint density at radius 1 is 0.926 bits per heavy atom. The predicted octanol–water partition coefficient (Wildman–Crippen LogP) is 4.31. The summed E-state index contributed by atoms with van der Waals surface area (Å²) in [6.07, 6.45) is -1.15. The molecule has 3 aromatic rings. The predicted molar refractivity (Wildman–Crippen MR) is 95.7 cm³/mol. The smallest absolute Gasteiger partial charge is 0.344 e. The molecule has 0 N–H and O–H groups in total. The summed E-state index contributed by atoms with van der Waals surface area (Å²) in [6.45, 7) is 0.977. The zero-order chi connectivity index (χ0) is 19.4. The molecule has 27 heavy (non-hydrogen) atoms. The Bertz CT molecular complexity index is 1000. The fraction of sp³-hybridized carbons (Fsp3) is 0.143. The molecule has 6 heteroatoms. The number of ketones is 1. The lowest BCUT2D eigenvalue weighted by molar-refractivity contribution is -0.148. The number of ether oxygens (including phenoxy) is 2. The van der Waals surface area contributed by atoms with Crippen molar-refractivity contribution in [2.45, 2.75) is 13.0 Å². The van der Waals surface area contributed by atoms with Crippen LogP contribution >= 0.6 is 0 Å². The van der Waals surface area contributed by atoms with Gasteiger partial charge in [0.15, 0.2) is 24.3 Å². The Morgan fingerprint density at radius 3 is 2.41 bits per heavy atom. The van der Waals surface area contributed by atoms with Crippen molar-refractivity contribution < 1.29 is 27.8 Å². The molecule has 3 rings (SSSR count). The lowest BCUT2D eigenvalue weighted by Gasteiger charge is -2.13. The van der Waals surface area contributed by atoms with E-state index in [1.165, 1.54) is 6.92 Å². The van der Waals surface area contributed by atoms with Crippen LogP contribution in [0.25, 0.3) is 10.8 Å². The highest BCUT2D eigenvalue weighted by atomic mass is 19.2. The molecule has 0 aliphatic rings. The van der Waals surface area contributed by atoms with Crippen molar-refractivity contribution in [3.05, 3.63) is 77.9 Å². The summed E-state index contributed by atoms with van der Waals surface area (Å²) in [7, 11) is 0. The molecule has 0 fully saturated rings. The van der Waals surface area contributed by atoms with E-state index in [0.717, 1.165) is 29.0 Å². The summed E-state index contributed by atoms with van der Waals surface area (Å²) >= 11 is 0. The van der Waals surface area contributed by atoms with Crippen LogP contribution in [0.3, 0.4) is 0 Å². The largest absolute Gasteiger partial charge is 0.482 e. The van der Waals surface area contributed by atoms with Gasteiger partial charge in [-0.25, -0.2) is 13.6 Å². The van der Waals surface area contributed by atoms with Gasteiger partial charge in [0.1, 0.15) is 5.75 Å². The molecule has 0 saturated heterocycles. The maximum Gasteiger partial charge on any atom is 0.344 e. The average molecular weight is 370 g/mol. The first-order chi connectivity index (χ1) is 12.9. The van der Waals surface area contributed by atoms with Crippen LogP contribution in [-0.2, 0) is 9.53 Å². The van der Waals surface area contributed by atoms with Crippen LogP contribution < -0.4 is 4.74 Å². The van der Waals surface area contributed by atoms with E-state index in [1.54, 1.807) is 12.1 Å². The Kier molecular flexibility index (Phi) is 5.45. The van der Waals surface area contributed by atoms with Crippen LogP contribution in [0.15, 0.2) is 60.7 Å². The van der Waals surface area contributed by atoms with Crippen molar-refractivity contribution in [3.63, 3.8) is 0 Å². The molecule has 0 spiro atoms. The van der Waals surface area contributed by atoms with Gasteiger partial charge in [-0.15, -0.1) is 0 Å². The van der Waals surface area contributed by atoms with Crippen LogP contribution in [0.5, 0.6) is 5.75 Å². The topological polar surface area (TPSA) is 52.6 Å². The lowest BCUT2D eigenvalue weighted by atomic mass is 10.1. The van der Waals surface area contributed by atoms with Crippen molar-refractivity contribution in [1.29, 1.82) is 0 Å². The van der Waals surface area contributed by atoms with E-state index < -0.39 is 29.5 Å². The van der Waals surface area contributed by atoms with Gasteiger partial charge in [0.05, 0.1) is 0 Å². The quantitative estimate of drug-likeness (QED) is 0.479. The van der Waals surface area contributed by atoms with Crippen molar-refractivity contribution in [1.82, 2.24) is 0 Å². The summed E-state index contributed by atoms with van der Waals surface area (Å²) < 4.78 is 36.6. The zero-order valence-electron chi connectivity index (χ0n) is 14.4. The zero-order valence-corrected chi connectivity index (χ0v) is 14.4. The highest BCUT2D eigenvalue weighted by Crippen LogP contribution is 2.20. The molecule has 0 aliphatic heterocycles. The minimum absolute atomic E-state index is 0.0790. The molecule has 0 heterocycles. The minimum atomic E-state index is -1.15. The van der Waals surface area contributed by atoms with E-state index in [9.17, 15) is 18.4 Å². The Morgan fingerprint density at radius 2 is 1.67 bits per heavy atom. The van der Waals surface area contributed by atoms with Crippen LogP contribution in [0.1, 0.15) is 17.3 Å². The molecule has 1 unspecified atom stereocenters. The third-order valence-electron chi connectivity index (χ3n) is 3.96. The van der Waals surface area contributed by atoms with E-state index in [1.807, 2.05) is 30.3 Å². The van der Waals surface area contributed by atoms with E-state index >= 15 is 0 Å². The summed E-state index contributed by atoms with van der Waals surface area (Å²) in [5.41, 5.74) is -0.0790. The minimum Gasteiger partial charge on any atom is -0.482 e. The van der Waals surface area contributed by atoms with E-state index in [2.05, 4.69) is 0 Å². The normalized spacial score (nSPS) is 11.8. The highest BCUT2D eigenvalue weighted by Gasteiger charge is 2.21. The molecule has 138 valence electrons. The van der Waals surface area contributed by atoms with Gasteiger partial charge >= 0.3 is 5.97 Å². The van der Waals surface area contributed by atoms with Gasteiger partial charge < -0.3 is 9.47 Å². The molecule has 3 aromatic carbocycles. The molecule has 1 atom stereocenters. The second kappa shape index (κ2) is 7.95. The summed E-state index contributed by atoms with van der Waals surface area (Å²) in [4.78, 5) is 24.1. The third-order valence-corrected chi connectivity index (χ3v) is 3.96.